The fourth-order valence-corrected chi connectivity index (χ4v) is 4.29. The molecular weight excluding hydrogens is 370 g/mol. The number of likely N-dealkylation sites (N-methyl/N-ethyl adjacent to an activating group) is 1. The maximum absolute atomic E-state index is 12.6. The molecule has 0 atom stereocenters. The Balaban J connectivity index is 1.94. The average Bonchev–Trinajstić information content (AvgIpc) is 2.98. The molecule has 0 fully saturated rings. The average molecular weight is 389 g/mol. The zero-order valence-corrected chi connectivity index (χ0v) is 15.8. The number of benzene rings is 1. The predicted molar refractivity (Wildman–Crippen MR) is 101 cm³/mol. The van der Waals surface area contributed by atoms with Gasteiger partial charge < -0.3 is 15.0 Å². The number of amides is 1. The van der Waals surface area contributed by atoms with Crippen LogP contribution in [0.2, 0.25) is 0 Å². The highest BCUT2D eigenvalue weighted by Gasteiger charge is 2.29. The number of nitrogens with one attached hydrogen (secondary N) is 1. The van der Waals surface area contributed by atoms with Gasteiger partial charge in [-0.1, -0.05) is 6.07 Å². The Morgan fingerprint density at radius 3 is 2.89 bits per heavy atom. The molecule has 142 valence electrons. The van der Waals surface area contributed by atoms with Crippen molar-refractivity contribution in [1.29, 1.82) is 0 Å². The third-order valence-electron chi connectivity index (χ3n) is 4.27. The van der Waals surface area contributed by atoms with Crippen LogP contribution in [0, 0.1) is 10.1 Å². The highest BCUT2D eigenvalue weighted by Crippen LogP contribution is 2.37. The maximum Gasteiger partial charge on any atom is 0.341 e. The number of carbonyl (C=O) groups excluding carboxylic acids is 2. The number of fused-ring (bicyclic) bond motifs is 1. The van der Waals surface area contributed by atoms with E-state index >= 15 is 0 Å². The van der Waals surface area contributed by atoms with Gasteiger partial charge in [-0.25, -0.2) is 4.79 Å². The number of thiophene rings is 1. The Hall–Kier alpha value is -2.78. The van der Waals surface area contributed by atoms with Crippen molar-refractivity contribution in [1.82, 2.24) is 4.90 Å². The second-order valence-corrected chi connectivity index (χ2v) is 7.28. The van der Waals surface area contributed by atoms with E-state index in [1.165, 1.54) is 35.6 Å². The van der Waals surface area contributed by atoms with Crippen molar-refractivity contribution < 1.29 is 19.2 Å². The quantitative estimate of drug-likeness (QED) is 0.479. The van der Waals surface area contributed by atoms with Crippen molar-refractivity contribution in [3.63, 3.8) is 0 Å². The Kier molecular flexibility index (Phi) is 5.52. The molecule has 2 aromatic rings. The molecule has 0 spiro atoms. The lowest BCUT2D eigenvalue weighted by Gasteiger charge is -2.22. The second kappa shape index (κ2) is 7.85. The number of carbonyl (C=O) groups is 2. The van der Waals surface area contributed by atoms with Crippen LogP contribution in [0.5, 0.6) is 0 Å². The molecule has 0 saturated heterocycles. The minimum absolute atomic E-state index is 0.155. The van der Waals surface area contributed by atoms with Gasteiger partial charge in [0.05, 0.1) is 17.1 Å². The van der Waals surface area contributed by atoms with Crippen molar-refractivity contribution in [2.24, 2.45) is 0 Å². The van der Waals surface area contributed by atoms with Crippen LogP contribution in [-0.2, 0) is 17.7 Å². The van der Waals surface area contributed by atoms with Crippen LogP contribution in [0.4, 0.5) is 10.7 Å². The van der Waals surface area contributed by atoms with E-state index in [4.69, 9.17) is 4.74 Å². The van der Waals surface area contributed by atoms with Crippen LogP contribution in [0.25, 0.3) is 0 Å². The van der Waals surface area contributed by atoms with E-state index in [0.29, 0.717) is 23.5 Å². The van der Waals surface area contributed by atoms with Crippen molar-refractivity contribution in [2.75, 3.05) is 25.5 Å². The van der Waals surface area contributed by atoms with Gasteiger partial charge in [-0.05, 0) is 32.0 Å². The lowest BCUT2D eigenvalue weighted by atomic mass is 10.0. The van der Waals surface area contributed by atoms with Gasteiger partial charge in [0.25, 0.3) is 11.6 Å². The molecule has 0 aliphatic carbocycles. The first kappa shape index (κ1) is 19.0. The normalized spacial score (nSPS) is 13.7. The summed E-state index contributed by atoms with van der Waals surface area (Å²) in [6, 6.07) is 5.47. The Morgan fingerprint density at radius 2 is 2.19 bits per heavy atom. The maximum atomic E-state index is 12.6. The van der Waals surface area contributed by atoms with Crippen molar-refractivity contribution in [2.45, 2.75) is 19.9 Å². The predicted octanol–water partition coefficient (Wildman–Crippen LogP) is 3.07. The third kappa shape index (κ3) is 3.99. The van der Waals surface area contributed by atoms with E-state index in [1.54, 1.807) is 6.92 Å². The molecule has 1 aliphatic heterocycles. The van der Waals surface area contributed by atoms with Crippen LogP contribution < -0.4 is 5.32 Å². The van der Waals surface area contributed by atoms with Crippen molar-refractivity contribution >= 4 is 33.9 Å². The third-order valence-corrected chi connectivity index (χ3v) is 5.41. The number of nitrogens with zero attached hydrogens (tertiary/aromatic N) is 2. The van der Waals surface area contributed by atoms with Crippen LogP contribution in [0.3, 0.4) is 0 Å². The van der Waals surface area contributed by atoms with Gasteiger partial charge in [0.1, 0.15) is 5.00 Å². The van der Waals surface area contributed by atoms with Crippen LogP contribution >= 0.6 is 11.3 Å². The van der Waals surface area contributed by atoms with E-state index in [-0.39, 0.29) is 17.9 Å². The minimum Gasteiger partial charge on any atom is -0.462 e. The summed E-state index contributed by atoms with van der Waals surface area (Å²) in [7, 11) is 1.99. The fraction of sp³-hybridized carbons (Fsp3) is 0.333. The lowest BCUT2D eigenvalue weighted by Crippen LogP contribution is -2.26. The number of rotatable bonds is 5. The first-order valence-electron chi connectivity index (χ1n) is 8.46. The Labute approximate surface area is 159 Å². The summed E-state index contributed by atoms with van der Waals surface area (Å²) in [6.45, 7) is 3.47. The van der Waals surface area contributed by atoms with Crippen molar-refractivity contribution in [3.8, 4) is 0 Å². The molecule has 2 heterocycles. The number of hydrogen-bond acceptors (Lipinski definition) is 7. The smallest absolute Gasteiger partial charge is 0.341 e. The molecule has 3 rings (SSSR count). The molecule has 0 saturated carbocycles. The summed E-state index contributed by atoms with van der Waals surface area (Å²) in [5.74, 6) is -0.968. The number of anilines is 1. The summed E-state index contributed by atoms with van der Waals surface area (Å²) in [6.07, 6.45) is 0.698. The number of nitro groups is 1. The SMILES string of the molecule is CCOC(=O)c1c(NC(=O)c2cccc([N+](=O)[O-])c2)sc2c1CCN(C)C2. The zero-order chi connectivity index (χ0) is 19.6. The number of esters is 1. The Morgan fingerprint density at radius 1 is 1.41 bits per heavy atom. The zero-order valence-electron chi connectivity index (χ0n) is 15.0. The largest absolute Gasteiger partial charge is 0.462 e. The molecule has 1 aromatic heterocycles. The molecule has 1 aromatic carbocycles. The fourth-order valence-electron chi connectivity index (χ4n) is 2.97. The van der Waals surface area contributed by atoms with E-state index in [2.05, 4.69) is 10.2 Å². The van der Waals surface area contributed by atoms with Gasteiger partial charge in [0.15, 0.2) is 0 Å². The molecule has 27 heavy (non-hydrogen) atoms. The molecule has 0 unspecified atom stereocenters. The molecule has 8 nitrogen and oxygen atoms in total. The number of ether oxygens (including phenoxy) is 1. The van der Waals surface area contributed by atoms with E-state index in [9.17, 15) is 19.7 Å². The molecule has 9 heteroatoms. The summed E-state index contributed by atoms with van der Waals surface area (Å²) in [5, 5.41) is 14.1. The number of nitro benzene ring substituents is 1. The number of non-ortho nitro benzene ring substituents is 1. The van der Waals surface area contributed by atoms with Crippen LogP contribution in [-0.4, -0.2) is 41.9 Å². The van der Waals surface area contributed by atoms with E-state index in [0.717, 1.165) is 17.0 Å². The number of hydrogen-bond donors (Lipinski definition) is 1. The highest BCUT2D eigenvalue weighted by molar-refractivity contribution is 7.17. The summed E-state index contributed by atoms with van der Waals surface area (Å²) in [4.78, 5) is 38.6. The van der Waals surface area contributed by atoms with Gasteiger partial charge in [-0.2, -0.15) is 0 Å². The van der Waals surface area contributed by atoms with Crippen LogP contribution in [0.1, 0.15) is 38.1 Å². The summed E-state index contributed by atoms with van der Waals surface area (Å²) in [5.41, 5.74) is 1.29. The first-order valence-corrected chi connectivity index (χ1v) is 9.28. The minimum atomic E-state index is -0.555. The Bertz CT molecular complexity index is 908. The van der Waals surface area contributed by atoms with Gasteiger partial charge in [-0.15, -0.1) is 11.3 Å². The molecule has 1 aliphatic rings. The molecule has 1 amide bonds. The molecular formula is C18H19N3O5S. The van der Waals surface area contributed by atoms with Gasteiger partial charge >= 0.3 is 5.97 Å². The summed E-state index contributed by atoms with van der Waals surface area (Å²) >= 11 is 1.35. The molecule has 1 N–H and O–H groups in total. The molecule has 0 bridgehead atoms. The topological polar surface area (TPSA) is 102 Å². The summed E-state index contributed by atoms with van der Waals surface area (Å²) < 4.78 is 5.17. The standard InChI is InChI=1S/C18H19N3O5S/c1-3-26-18(23)15-13-7-8-20(2)10-14(13)27-17(15)19-16(22)11-5-4-6-12(9-11)21(24)25/h4-6,9H,3,7-8,10H2,1-2H3,(H,19,22). The molecule has 0 radical (unpaired) electrons. The van der Waals surface area contributed by atoms with E-state index < -0.39 is 16.8 Å². The van der Waals surface area contributed by atoms with Gasteiger partial charge in [0.2, 0.25) is 0 Å². The first-order chi connectivity index (χ1) is 12.9. The monoisotopic (exact) mass is 389 g/mol. The lowest BCUT2D eigenvalue weighted by molar-refractivity contribution is -0.384. The second-order valence-electron chi connectivity index (χ2n) is 6.18. The highest BCUT2D eigenvalue weighted by atomic mass is 32.1. The van der Waals surface area contributed by atoms with Crippen LogP contribution in [0.15, 0.2) is 24.3 Å². The van der Waals surface area contributed by atoms with Gasteiger partial charge in [0, 0.05) is 35.7 Å². The van der Waals surface area contributed by atoms with E-state index in [1.807, 2.05) is 7.05 Å². The van der Waals surface area contributed by atoms with Gasteiger partial charge in [-0.3, -0.25) is 14.9 Å². The van der Waals surface area contributed by atoms with Crippen molar-refractivity contribution in [3.05, 3.63) is 55.9 Å².